The van der Waals surface area contributed by atoms with Crippen molar-refractivity contribution in [2.24, 2.45) is 0 Å². The Morgan fingerprint density at radius 1 is 1.29 bits per heavy atom. The van der Waals surface area contributed by atoms with Crippen LogP contribution in [0.1, 0.15) is 23.5 Å². The highest BCUT2D eigenvalue weighted by Crippen LogP contribution is 2.30. The highest BCUT2D eigenvalue weighted by molar-refractivity contribution is 9.10. The Hall–Kier alpha value is -1.43. The van der Waals surface area contributed by atoms with E-state index in [2.05, 4.69) is 62.9 Å². The third-order valence-corrected chi connectivity index (χ3v) is 5.01. The molecule has 2 aromatic heterocycles. The monoisotopic (exact) mass is 361 g/mol. The van der Waals surface area contributed by atoms with Crippen LogP contribution in [0.15, 0.2) is 58.5 Å². The van der Waals surface area contributed by atoms with Crippen LogP contribution in [0.3, 0.4) is 0 Å². The van der Waals surface area contributed by atoms with Gasteiger partial charge in [-0.05, 0) is 46.7 Å². The van der Waals surface area contributed by atoms with Crippen LogP contribution in [0.2, 0.25) is 0 Å². The van der Waals surface area contributed by atoms with Gasteiger partial charge in [-0.1, -0.05) is 25.1 Å². The summed E-state index contributed by atoms with van der Waals surface area (Å²) in [7, 11) is 0. The highest BCUT2D eigenvalue weighted by Gasteiger charge is 2.19. The first-order valence-corrected chi connectivity index (χ1v) is 8.53. The molecule has 21 heavy (non-hydrogen) atoms. The summed E-state index contributed by atoms with van der Waals surface area (Å²) < 4.78 is 3.12. The summed E-state index contributed by atoms with van der Waals surface area (Å²) in [6.45, 7) is 3.03. The molecule has 0 saturated heterocycles. The molecule has 1 unspecified atom stereocenters. The van der Waals surface area contributed by atoms with Crippen molar-refractivity contribution >= 4 is 27.3 Å². The lowest BCUT2D eigenvalue weighted by Crippen LogP contribution is -2.23. The first-order valence-electron chi connectivity index (χ1n) is 6.86. The van der Waals surface area contributed by atoms with Gasteiger partial charge >= 0.3 is 0 Å². The Labute approximate surface area is 136 Å². The number of hydrogen-bond donors (Lipinski definition) is 1. The zero-order valence-electron chi connectivity index (χ0n) is 11.7. The summed E-state index contributed by atoms with van der Waals surface area (Å²) in [4.78, 5) is 1.28. The van der Waals surface area contributed by atoms with Crippen LogP contribution in [0, 0.1) is 0 Å². The predicted molar refractivity (Wildman–Crippen MR) is 91.1 cm³/mol. The largest absolute Gasteiger partial charge is 0.305 e. The van der Waals surface area contributed by atoms with E-state index in [1.165, 1.54) is 4.88 Å². The molecule has 1 atom stereocenters. The molecular formula is C16H16BrN3S. The van der Waals surface area contributed by atoms with Crippen molar-refractivity contribution in [1.29, 1.82) is 0 Å². The van der Waals surface area contributed by atoms with E-state index in [9.17, 15) is 0 Å². The molecule has 0 bridgehead atoms. The van der Waals surface area contributed by atoms with Crippen LogP contribution in [0.4, 0.5) is 0 Å². The van der Waals surface area contributed by atoms with E-state index in [1.54, 1.807) is 11.3 Å². The first kappa shape index (κ1) is 14.5. The summed E-state index contributed by atoms with van der Waals surface area (Å²) in [6.07, 6.45) is 1.86. The minimum absolute atomic E-state index is 0.147. The molecule has 2 heterocycles. The maximum Gasteiger partial charge on any atom is 0.0846 e. The van der Waals surface area contributed by atoms with Crippen molar-refractivity contribution in [2.45, 2.75) is 13.0 Å². The third-order valence-electron chi connectivity index (χ3n) is 3.25. The highest BCUT2D eigenvalue weighted by atomic mass is 79.9. The second-order valence-electron chi connectivity index (χ2n) is 4.66. The van der Waals surface area contributed by atoms with Crippen LogP contribution in [-0.2, 0) is 0 Å². The Morgan fingerprint density at radius 2 is 2.10 bits per heavy atom. The molecule has 0 fully saturated rings. The lowest BCUT2D eigenvalue weighted by Gasteiger charge is -2.18. The maximum absolute atomic E-state index is 4.49. The Bertz CT molecular complexity index is 705. The average Bonchev–Trinajstić information content (AvgIpc) is 3.15. The summed E-state index contributed by atoms with van der Waals surface area (Å²) in [6, 6.07) is 14.6. The van der Waals surface area contributed by atoms with Gasteiger partial charge in [-0.3, -0.25) is 0 Å². The molecule has 0 spiro atoms. The van der Waals surface area contributed by atoms with Crippen LogP contribution in [0.25, 0.3) is 5.69 Å². The molecule has 3 rings (SSSR count). The number of halogens is 1. The molecule has 3 nitrogen and oxygen atoms in total. The average molecular weight is 362 g/mol. The Morgan fingerprint density at radius 3 is 2.76 bits per heavy atom. The molecule has 1 aromatic carbocycles. The first-order chi connectivity index (χ1) is 10.3. The number of aromatic nitrogens is 2. The number of rotatable bonds is 5. The maximum atomic E-state index is 4.49. The van der Waals surface area contributed by atoms with Crippen LogP contribution >= 0.6 is 27.3 Å². The van der Waals surface area contributed by atoms with E-state index in [0.717, 1.165) is 22.4 Å². The topological polar surface area (TPSA) is 29.9 Å². The van der Waals surface area contributed by atoms with Crippen molar-refractivity contribution in [3.8, 4) is 5.69 Å². The van der Waals surface area contributed by atoms with Gasteiger partial charge in [0.25, 0.3) is 0 Å². The Balaban J connectivity index is 2.03. The fourth-order valence-electron chi connectivity index (χ4n) is 2.35. The van der Waals surface area contributed by atoms with Crippen molar-refractivity contribution in [2.75, 3.05) is 6.54 Å². The third kappa shape index (κ3) is 3.10. The zero-order valence-corrected chi connectivity index (χ0v) is 14.1. The van der Waals surface area contributed by atoms with E-state index in [-0.39, 0.29) is 6.04 Å². The number of nitrogens with one attached hydrogen (secondary N) is 1. The molecular weight excluding hydrogens is 346 g/mol. The zero-order chi connectivity index (χ0) is 14.7. The smallest absolute Gasteiger partial charge is 0.0846 e. The van der Waals surface area contributed by atoms with Gasteiger partial charge in [0, 0.05) is 20.9 Å². The second kappa shape index (κ2) is 6.56. The van der Waals surface area contributed by atoms with Crippen molar-refractivity contribution < 1.29 is 0 Å². The van der Waals surface area contributed by atoms with Gasteiger partial charge in [-0.2, -0.15) is 5.10 Å². The predicted octanol–water partition coefficient (Wildman–Crippen LogP) is 4.40. The Kier molecular flexibility index (Phi) is 4.53. The van der Waals surface area contributed by atoms with E-state index >= 15 is 0 Å². The molecule has 5 heteroatoms. The van der Waals surface area contributed by atoms with Gasteiger partial charge in [0.15, 0.2) is 0 Å². The molecule has 1 N–H and O–H groups in total. The minimum atomic E-state index is 0.147. The molecule has 3 aromatic rings. The number of hydrogen-bond acceptors (Lipinski definition) is 3. The number of benzene rings is 1. The van der Waals surface area contributed by atoms with Gasteiger partial charge in [0.1, 0.15) is 0 Å². The van der Waals surface area contributed by atoms with Crippen LogP contribution < -0.4 is 5.32 Å². The van der Waals surface area contributed by atoms with Gasteiger partial charge in [0.2, 0.25) is 0 Å². The van der Waals surface area contributed by atoms with Gasteiger partial charge in [0.05, 0.1) is 17.4 Å². The SMILES string of the molecule is CCNC(c1cc(Br)cs1)c1ccnn1-c1ccccc1. The van der Waals surface area contributed by atoms with Gasteiger partial charge in [-0.15, -0.1) is 11.3 Å². The van der Waals surface area contributed by atoms with Gasteiger partial charge < -0.3 is 5.32 Å². The number of nitrogens with zero attached hydrogens (tertiary/aromatic N) is 2. The molecule has 0 amide bonds. The molecule has 0 aliphatic heterocycles. The normalized spacial score (nSPS) is 12.5. The quantitative estimate of drug-likeness (QED) is 0.729. The van der Waals surface area contributed by atoms with E-state index in [4.69, 9.17) is 0 Å². The van der Waals surface area contributed by atoms with Crippen molar-refractivity contribution in [1.82, 2.24) is 15.1 Å². The number of para-hydroxylation sites is 1. The van der Waals surface area contributed by atoms with E-state index < -0.39 is 0 Å². The van der Waals surface area contributed by atoms with Crippen LogP contribution in [-0.4, -0.2) is 16.3 Å². The fraction of sp³-hybridized carbons (Fsp3) is 0.188. The van der Waals surface area contributed by atoms with Crippen molar-refractivity contribution in [3.63, 3.8) is 0 Å². The van der Waals surface area contributed by atoms with Gasteiger partial charge in [-0.25, -0.2) is 4.68 Å². The molecule has 0 saturated carbocycles. The molecule has 108 valence electrons. The summed E-state index contributed by atoms with van der Waals surface area (Å²) >= 11 is 5.29. The summed E-state index contributed by atoms with van der Waals surface area (Å²) in [5.74, 6) is 0. The lowest BCUT2D eigenvalue weighted by atomic mass is 10.1. The second-order valence-corrected chi connectivity index (χ2v) is 6.52. The molecule has 0 aliphatic rings. The van der Waals surface area contributed by atoms with Crippen molar-refractivity contribution in [3.05, 3.63) is 69.1 Å². The lowest BCUT2D eigenvalue weighted by molar-refractivity contribution is 0.601. The minimum Gasteiger partial charge on any atom is -0.305 e. The van der Waals surface area contributed by atoms with E-state index in [1.807, 2.05) is 29.1 Å². The molecule has 0 radical (unpaired) electrons. The number of thiophene rings is 1. The fourth-order valence-corrected chi connectivity index (χ4v) is 3.88. The van der Waals surface area contributed by atoms with Crippen LogP contribution in [0.5, 0.6) is 0 Å². The summed E-state index contributed by atoms with van der Waals surface area (Å²) in [5.41, 5.74) is 2.23. The summed E-state index contributed by atoms with van der Waals surface area (Å²) in [5, 5.41) is 10.2. The van der Waals surface area contributed by atoms with E-state index in [0.29, 0.717) is 0 Å². The standard InChI is InChI=1S/C16H16BrN3S/c1-2-18-16(15-10-12(17)11-21-15)14-8-9-19-20(14)13-6-4-3-5-7-13/h3-11,16,18H,2H2,1H3. The molecule has 0 aliphatic carbocycles.